The van der Waals surface area contributed by atoms with E-state index in [2.05, 4.69) is 21.6 Å². The van der Waals surface area contributed by atoms with Gasteiger partial charge in [0, 0.05) is 18.3 Å². The lowest BCUT2D eigenvalue weighted by Gasteiger charge is -2.06. The molecule has 3 aromatic rings. The van der Waals surface area contributed by atoms with Crippen molar-refractivity contribution < 1.29 is 0 Å². The van der Waals surface area contributed by atoms with Crippen LogP contribution in [0.15, 0.2) is 24.4 Å². The minimum absolute atomic E-state index is 0.338. The normalized spacial score (nSPS) is 11.4. The standard InChI is InChI=1S/C14H14Cl2N4/c1-3-10-13(8-19(2)18-10)20-12-5-4-9(16)6-11(12)17-14(20)7-15/h4-6,8H,3,7H2,1-2H3. The van der Waals surface area contributed by atoms with Gasteiger partial charge < -0.3 is 0 Å². The van der Waals surface area contributed by atoms with Gasteiger partial charge >= 0.3 is 0 Å². The van der Waals surface area contributed by atoms with Crippen LogP contribution in [0.4, 0.5) is 0 Å². The van der Waals surface area contributed by atoms with Crippen LogP contribution < -0.4 is 0 Å². The molecule has 0 aliphatic rings. The summed E-state index contributed by atoms with van der Waals surface area (Å²) in [6, 6.07) is 5.68. The average Bonchev–Trinajstić information content (AvgIpc) is 2.97. The molecule has 0 aliphatic heterocycles. The lowest BCUT2D eigenvalue weighted by atomic mass is 10.2. The summed E-state index contributed by atoms with van der Waals surface area (Å²) in [6.45, 7) is 2.09. The first-order valence-corrected chi connectivity index (χ1v) is 7.31. The second-order valence-electron chi connectivity index (χ2n) is 4.62. The van der Waals surface area contributed by atoms with Crippen molar-refractivity contribution in [2.45, 2.75) is 19.2 Å². The predicted molar refractivity (Wildman–Crippen MR) is 81.8 cm³/mol. The number of benzene rings is 1. The first-order chi connectivity index (χ1) is 9.63. The van der Waals surface area contributed by atoms with Crippen molar-refractivity contribution in [3.63, 3.8) is 0 Å². The molecule has 0 fully saturated rings. The molecule has 0 amide bonds. The average molecular weight is 309 g/mol. The largest absolute Gasteiger partial charge is 0.292 e. The van der Waals surface area contributed by atoms with E-state index in [0.717, 1.165) is 34.7 Å². The summed E-state index contributed by atoms with van der Waals surface area (Å²) in [5.41, 5.74) is 3.88. The van der Waals surface area contributed by atoms with Gasteiger partial charge in [-0.25, -0.2) is 4.98 Å². The number of hydrogen-bond donors (Lipinski definition) is 0. The number of aryl methyl sites for hydroxylation is 2. The first-order valence-electron chi connectivity index (χ1n) is 6.39. The second-order valence-corrected chi connectivity index (χ2v) is 5.32. The molecule has 2 aromatic heterocycles. The molecule has 1 aromatic carbocycles. The maximum atomic E-state index is 6.05. The van der Waals surface area contributed by atoms with Crippen molar-refractivity contribution >= 4 is 34.2 Å². The Morgan fingerprint density at radius 2 is 2.10 bits per heavy atom. The third-order valence-corrected chi connectivity index (χ3v) is 3.74. The van der Waals surface area contributed by atoms with Crippen LogP contribution in [0.3, 0.4) is 0 Å². The molecule has 2 heterocycles. The van der Waals surface area contributed by atoms with Gasteiger partial charge in [0.15, 0.2) is 0 Å². The lowest BCUT2D eigenvalue weighted by molar-refractivity contribution is 0.746. The number of alkyl halides is 1. The zero-order valence-corrected chi connectivity index (χ0v) is 12.8. The monoisotopic (exact) mass is 308 g/mol. The molecule has 0 unspecified atom stereocenters. The number of imidazole rings is 1. The third kappa shape index (κ3) is 2.09. The van der Waals surface area contributed by atoms with Crippen LogP contribution >= 0.6 is 23.2 Å². The van der Waals surface area contributed by atoms with Crippen LogP contribution in [0.2, 0.25) is 5.02 Å². The molecule has 3 rings (SSSR count). The fourth-order valence-corrected chi connectivity index (χ4v) is 2.77. The zero-order valence-electron chi connectivity index (χ0n) is 11.3. The van der Waals surface area contributed by atoms with E-state index in [9.17, 15) is 0 Å². The van der Waals surface area contributed by atoms with Gasteiger partial charge in [0.2, 0.25) is 0 Å². The van der Waals surface area contributed by atoms with Gasteiger partial charge in [-0.15, -0.1) is 11.6 Å². The van der Waals surface area contributed by atoms with Crippen LogP contribution in [-0.2, 0) is 19.3 Å². The smallest absolute Gasteiger partial charge is 0.129 e. The van der Waals surface area contributed by atoms with Crippen LogP contribution in [0, 0.1) is 0 Å². The number of fused-ring (bicyclic) bond motifs is 1. The molecule has 0 bridgehead atoms. The molecule has 0 spiro atoms. The summed E-state index contributed by atoms with van der Waals surface area (Å²) in [5, 5.41) is 5.16. The maximum Gasteiger partial charge on any atom is 0.129 e. The van der Waals surface area contributed by atoms with Gasteiger partial charge in [0.25, 0.3) is 0 Å². The Balaban J connectivity index is 2.33. The Morgan fingerprint density at radius 3 is 2.80 bits per heavy atom. The van der Waals surface area contributed by atoms with Crippen molar-refractivity contribution in [3.8, 4) is 5.69 Å². The molecule has 0 atom stereocenters. The number of hydrogen-bond acceptors (Lipinski definition) is 2. The predicted octanol–water partition coefficient (Wildman–Crippen LogP) is 3.71. The van der Waals surface area contributed by atoms with Crippen molar-refractivity contribution in [1.29, 1.82) is 0 Å². The molecular formula is C14H14Cl2N4. The topological polar surface area (TPSA) is 35.6 Å². The summed E-state index contributed by atoms with van der Waals surface area (Å²) >= 11 is 12.1. The number of aromatic nitrogens is 4. The summed E-state index contributed by atoms with van der Waals surface area (Å²) < 4.78 is 3.87. The number of rotatable bonds is 3. The Hall–Kier alpha value is -1.52. The second kappa shape index (κ2) is 5.11. The van der Waals surface area contributed by atoms with E-state index in [1.807, 2.05) is 36.1 Å². The minimum Gasteiger partial charge on any atom is -0.292 e. The number of halogens is 2. The molecular weight excluding hydrogens is 295 g/mol. The van der Waals surface area contributed by atoms with Crippen molar-refractivity contribution in [1.82, 2.24) is 19.3 Å². The summed E-state index contributed by atoms with van der Waals surface area (Å²) in [5.74, 6) is 1.14. The van der Waals surface area contributed by atoms with E-state index in [1.54, 1.807) is 0 Å². The van der Waals surface area contributed by atoms with Gasteiger partial charge in [-0.2, -0.15) is 5.10 Å². The van der Waals surface area contributed by atoms with Gasteiger partial charge in [0.05, 0.1) is 28.3 Å². The van der Waals surface area contributed by atoms with Gasteiger partial charge in [-0.05, 0) is 24.6 Å². The molecule has 20 heavy (non-hydrogen) atoms. The van der Waals surface area contributed by atoms with Crippen molar-refractivity contribution in [2.75, 3.05) is 0 Å². The van der Waals surface area contributed by atoms with Gasteiger partial charge in [0.1, 0.15) is 5.82 Å². The Bertz CT molecular complexity index is 773. The van der Waals surface area contributed by atoms with Crippen molar-refractivity contribution in [3.05, 3.63) is 40.9 Å². The van der Waals surface area contributed by atoms with E-state index in [0.29, 0.717) is 10.9 Å². The highest BCUT2D eigenvalue weighted by Gasteiger charge is 2.16. The highest BCUT2D eigenvalue weighted by Crippen LogP contribution is 2.26. The molecule has 104 valence electrons. The van der Waals surface area contributed by atoms with Crippen LogP contribution in [0.1, 0.15) is 18.4 Å². The first kappa shape index (κ1) is 13.5. The van der Waals surface area contributed by atoms with Crippen LogP contribution in [-0.4, -0.2) is 19.3 Å². The quantitative estimate of drug-likeness (QED) is 0.691. The van der Waals surface area contributed by atoms with E-state index in [1.165, 1.54) is 0 Å². The molecule has 0 saturated carbocycles. The molecule has 0 aliphatic carbocycles. The zero-order chi connectivity index (χ0) is 14.3. The summed E-state index contributed by atoms with van der Waals surface area (Å²) in [6.07, 6.45) is 2.84. The Kier molecular flexibility index (Phi) is 3.44. The summed E-state index contributed by atoms with van der Waals surface area (Å²) in [4.78, 5) is 4.56. The third-order valence-electron chi connectivity index (χ3n) is 3.26. The van der Waals surface area contributed by atoms with E-state index in [4.69, 9.17) is 23.2 Å². The fraction of sp³-hybridized carbons (Fsp3) is 0.286. The number of nitrogens with zero attached hydrogens (tertiary/aromatic N) is 4. The fourth-order valence-electron chi connectivity index (χ4n) is 2.42. The van der Waals surface area contributed by atoms with E-state index in [-0.39, 0.29) is 0 Å². The Morgan fingerprint density at radius 1 is 1.30 bits per heavy atom. The Labute approximate surface area is 126 Å². The minimum atomic E-state index is 0.338. The SMILES string of the molecule is CCc1nn(C)cc1-n1c(CCl)nc2cc(Cl)ccc21. The molecule has 0 saturated heterocycles. The summed E-state index contributed by atoms with van der Waals surface area (Å²) in [7, 11) is 1.92. The maximum absolute atomic E-state index is 6.05. The van der Waals surface area contributed by atoms with Gasteiger partial charge in [-0.3, -0.25) is 9.25 Å². The van der Waals surface area contributed by atoms with Crippen LogP contribution in [0.5, 0.6) is 0 Å². The molecule has 0 radical (unpaired) electrons. The molecule has 6 heteroatoms. The van der Waals surface area contributed by atoms with E-state index >= 15 is 0 Å². The molecule has 4 nitrogen and oxygen atoms in total. The molecule has 0 N–H and O–H groups in total. The van der Waals surface area contributed by atoms with E-state index < -0.39 is 0 Å². The lowest BCUT2D eigenvalue weighted by Crippen LogP contribution is -2.01. The van der Waals surface area contributed by atoms with Crippen molar-refractivity contribution in [2.24, 2.45) is 7.05 Å². The highest BCUT2D eigenvalue weighted by atomic mass is 35.5. The van der Waals surface area contributed by atoms with Gasteiger partial charge in [-0.1, -0.05) is 18.5 Å². The van der Waals surface area contributed by atoms with Crippen LogP contribution in [0.25, 0.3) is 16.7 Å². The highest BCUT2D eigenvalue weighted by molar-refractivity contribution is 6.31.